The van der Waals surface area contributed by atoms with Crippen LogP contribution in [0.5, 0.6) is 0 Å². The monoisotopic (exact) mass is 319 g/mol. The van der Waals surface area contributed by atoms with Crippen molar-refractivity contribution >= 4 is 39.2 Å². The van der Waals surface area contributed by atoms with Gasteiger partial charge in [-0.15, -0.1) is 0 Å². The molecule has 0 aliphatic rings. The molecule has 94 valence electrons. The highest BCUT2D eigenvalue weighted by molar-refractivity contribution is 9.10. The Hall–Kier alpha value is -0.740. The first-order valence-electron chi connectivity index (χ1n) is 5.19. The van der Waals surface area contributed by atoms with Gasteiger partial charge in [0.25, 0.3) is 0 Å². The molecule has 0 bridgehead atoms. The van der Waals surface area contributed by atoms with Crippen molar-refractivity contribution in [1.82, 2.24) is 0 Å². The summed E-state index contributed by atoms with van der Waals surface area (Å²) in [6.45, 7) is 5.62. The molecule has 17 heavy (non-hydrogen) atoms. The number of nitrogens with one attached hydrogen (secondary N) is 1. The first kappa shape index (κ1) is 14.3. The summed E-state index contributed by atoms with van der Waals surface area (Å²) >= 11 is 9.23. The Bertz CT molecular complexity index is 415. The average molecular weight is 321 g/mol. The lowest BCUT2D eigenvalue weighted by Gasteiger charge is -2.19. The van der Waals surface area contributed by atoms with Crippen molar-refractivity contribution in [3.63, 3.8) is 0 Å². The molecule has 0 spiro atoms. The van der Waals surface area contributed by atoms with Gasteiger partial charge in [0.1, 0.15) is 12.1 Å². The van der Waals surface area contributed by atoms with Crippen LogP contribution in [-0.2, 0) is 9.53 Å². The second kappa shape index (κ2) is 5.74. The summed E-state index contributed by atoms with van der Waals surface area (Å²) in [6, 6.07) is 5.40. The maximum atomic E-state index is 11.5. The number of hydrogen-bond donors (Lipinski definition) is 1. The third kappa shape index (κ3) is 5.41. The molecular formula is C12H15BrClNO2. The molecule has 0 aliphatic heterocycles. The Morgan fingerprint density at radius 3 is 2.65 bits per heavy atom. The number of esters is 1. The number of carbonyl (C=O) groups excluding carboxylic acids is 1. The highest BCUT2D eigenvalue weighted by atomic mass is 79.9. The zero-order valence-corrected chi connectivity index (χ0v) is 12.4. The fraction of sp³-hybridized carbons (Fsp3) is 0.417. The smallest absolute Gasteiger partial charge is 0.325 e. The van der Waals surface area contributed by atoms with Crippen molar-refractivity contribution in [2.75, 3.05) is 11.9 Å². The van der Waals surface area contributed by atoms with E-state index in [9.17, 15) is 4.79 Å². The van der Waals surface area contributed by atoms with Crippen LogP contribution in [0.2, 0.25) is 5.02 Å². The van der Waals surface area contributed by atoms with E-state index in [0.717, 1.165) is 10.2 Å². The minimum atomic E-state index is -0.462. The lowest BCUT2D eigenvalue weighted by Crippen LogP contribution is -2.28. The molecule has 0 saturated heterocycles. The highest BCUT2D eigenvalue weighted by Crippen LogP contribution is 2.25. The van der Waals surface area contributed by atoms with Crippen LogP contribution in [0.3, 0.4) is 0 Å². The molecule has 3 nitrogen and oxygen atoms in total. The van der Waals surface area contributed by atoms with Crippen LogP contribution < -0.4 is 5.32 Å². The molecule has 0 aromatic heterocycles. The molecule has 0 fully saturated rings. The van der Waals surface area contributed by atoms with Crippen LogP contribution in [0.15, 0.2) is 22.7 Å². The van der Waals surface area contributed by atoms with E-state index in [1.807, 2.05) is 32.9 Å². The Labute approximate surface area is 115 Å². The maximum absolute atomic E-state index is 11.5. The first-order valence-corrected chi connectivity index (χ1v) is 6.36. The van der Waals surface area contributed by atoms with Gasteiger partial charge >= 0.3 is 5.97 Å². The van der Waals surface area contributed by atoms with Gasteiger partial charge in [-0.3, -0.25) is 4.79 Å². The van der Waals surface area contributed by atoms with Crippen molar-refractivity contribution in [3.05, 3.63) is 27.7 Å². The molecule has 1 aromatic rings. The number of rotatable bonds is 3. The largest absolute Gasteiger partial charge is 0.459 e. The van der Waals surface area contributed by atoms with Gasteiger partial charge in [-0.2, -0.15) is 0 Å². The van der Waals surface area contributed by atoms with Crippen molar-refractivity contribution < 1.29 is 9.53 Å². The van der Waals surface area contributed by atoms with Gasteiger partial charge < -0.3 is 10.1 Å². The first-order chi connectivity index (χ1) is 7.78. The number of hydrogen-bond acceptors (Lipinski definition) is 3. The van der Waals surface area contributed by atoms with Gasteiger partial charge in [0.15, 0.2) is 0 Å². The SMILES string of the molecule is CC(C)(C)OC(=O)CNc1ccc(Br)c(Cl)c1. The van der Waals surface area contributed by atoms with E-state index in [2.05, 4.69) is 21.2 Å². The Balaban J connectivity index is 2.50. The zero-order valence-electron chi connectivity index (χ0n) is 10.0. The van der Waals surface area contributed by atoms with Crippen LogP contribution in [0.1, 0.15) is 20.8 Å². The number of halogens is 2. The van der Waals surface area contributed by atoms with Gasteiger partial charge in [-0.05, 0) is 54.9 Å². The lowest BCUT2D eigenvalue weighted by atomic mass is 10.2. The molecule has 0 aliphatic carbocycles. The normalized spacial score (nSPS) is 11.1. The number of benzene rings is 1. The summed E-state index contributed by atoms with van der Waals surface area (Å²) in [5, 5.41) is 3.55. The predicted octanol–water partition coefficient (Wildman–Crippen LogP) is 3.86. The molecule has 0 atom stereocenters. The van der Waals surface area contributed by atoms with Crippen LogP contribution in [0, 0.1) is 0 Å². The lowest BCUT2D eigenvalue weighted by molar-refractivity contribution is -0.152. The van der Waals surface area contributed by atoms with E-state index in [1.54, 1.807) is 6.07 Å². The van der Waals surface area contributed by atoms with E-state index >= 15 is 0 Å². The molecule has 0 amide bonds. The van der Waals surface area contributed by atoms with Crippen molar-refractivity contribution in [3.8, 4) is 0 Å². The minimum absolute atomic E-state index is 0.120. The van der Waals surface area contributed by atoms with E-state index in [-0.39, 0.29) is 12.5 Å². The summed E-state index contributed by atoms with van der Waals surface area (Å²) < 4.78 is 5.99. The summed E-state index contributed by atoms with van der Waals surface area (Å²) in [5.74, 6) is -0.295. The zero-order chi connectivity index (χ0) is 13.1. The summed E-state index contributed by atoms with van der Waals surface area (Å²) in [4.78, 5) is 11.5. The predicted molar refractivity (Wildman–Crippen MR) is 73.5 cm³/mol. The second-order valence-electron chi connectivity index (χ2n) is 4.57. The third-order valence-electron chi connectivity index (χ3n) is 1.78. The van der Waals surface area contributed by atoms with E-state index in [0.29, 0.717) is 5.02 Å². The van der Waals surface area contributed by atoms with Gasteiger partial charge in [-0.25, -0.2) is 0 Å². The quantitative estimate of drug-likeness (QED) is 0.860. The van der Waals surface area contributed by atoms with Crippen LogP contribution in [0.25, 0.3) is 0 Å². The third-order valence-corrected chi connectivity index (χ3v) is 3.01. The van der Waals surface area contributed by atoms with Crippen LogP contribution in [0.4, 0.5) is 5.69 Å². The van der Waals surface area contributed by atoms with Crippen molar-refractivity contribution in [1.29, 1.82) is 0 Å². The Morgan fingerprint density at radius 1 is 1.47 bits per heavy atom. The standard InChI is InChI=1S/C12H15BrClNO2/c1-12(2,3)17-11(16)7-15-8-4-5-9(13)10(14)6-8/h4-6,15H,7H2,1-3H3. The maximum Gasteiger partial charge on any atom is 0.325 e. The molecule has 1 N–H and O–H groups in total. The van der Waals surface area contributed by atoms with Gasteiger partial charge in [0.05, 0.1) is 5.02 Å². The van der Waals surface area contributed by atoms with E-state index < -0.39 is 5.60 Å². The Kier molecular flexibility index (Phi) is 4.83. The Morgan fingerprint density at radius 2 is 2.12 bits per heavy atom. The number of ether oxygens (including phenoxy) is 1. The van der Waals surface area contributed by atoms with E-state index in [4.69, 9.17) is 16.3 Å². The fourth-order valence-corrected chi connectivity index (χ4v) is 1.59. The number of anilines is 1. The molecular weight excluding hydrogens is 305 g/mol. The molecule has 0 unspecified atom stereocenters. The van der Waals surface area contributed by atoms with Crippen molar-refractivity contribution in [2.24, 2.45) is 0 Å². The topological polar surface area (TPSA) is 38.3 Å². The van der Waals surface area contributed by atoms with Gasteiger partial charge in [0, 0.05) is 10.2 Å². The summed E-state index contributed by atoms with van der Waals surface area (Å²) in [6.07, 6.45) is 0. The molecule has 5 heteroatoms. The molecule has 0 saturated carbocycles. The number of carbonyl (C=O) groups is 1. The highest BCUT2D eigenvalue weighted by Gasteiger charge is 2.15. The fourth-order valence-electron chi connectivity index (χ4n) is 1.16. The summed E-state index contributed by atoms with van der Waals surface area (Å²) in [5.41, 5.74) is 0.319. The molecule has 0 radical (unpaired) electrons. The van der Waals surface area contributed by atoms with Crippen LogP contribution in [-0.4, -0.2) is 18.1 Å². The average Bonchev–Trinajstić information content (AvgIpc) is 2.17. The minimum Gasteiger partial charge on any atom is -0.459 e. The van der Waals surface area contributed by atoms with E-state index in [1.165, 1.54) is 0 Å². The summed E-state index contributed by atoms with van der Waals surface area (Å²) in [7, 11) is 0. The molecule has 0 heterocycles. The van der Waals surface area contributed by atoms with Crippen molar-refractivity contribution in [2.45, 2.75) is 26.4 Å². The van der Waals surface area contributed by atoms with Crippen LogP contribution >= 0.6 is 27.5 Å². The second-order valence-corrected chi connectivity index (χ2v) is 5.83. The molecule has 1 rings (SSSR count). The molecule has 1 aromatic carbocycles. The van der Waals surface area contributed by atoms with Gasteiger partial charge in [0.2, 0.25) is 0 Å². The van der Waals surface area contributed by atoms with Gasteiger partial charge in [-0.1, -0.05) is 11.6 Å².